The lowest BCUT2D eigenvalue weighted by Gasteiger charge is -1.97. The molecule has 0 atom stereocenters. The molecule has 2 rings (SSSR count). The van der Waals surface area contributed by atoms with Crippen LogP contribution < -0.4 is 0 Å². The summed E-state index contributed by atoms with van der Waals surface area (Å²) in [7, 11) is 1.75. The second-order valence-corrected chi connectivity index (χ2v) is 3.47. The minimum Gasteiger partial charge on any atom is -0.460 e. The van der Waals surface area contributed by atoms with Crippen LogP contribution in [-0.2, 0) is 11.8 Å². The fraction of sp³-hybridized carbons (Fsp3) is 0.250. The fourth-order valence-electron chi connectivity index (χ4n) is 1.51. The predicted octanol–water partition coefficient (Wildman–Crippen LogP) is 1.66. The van der Waals surface area contributed by atoms with Crippen molar-refractivity contribution in [1.29, 1.82) is 0 Å². The Hall–Kier alpha value is -2.17. The number of nitrogens with zero attached hydrogens (tertiary/aromatic N) is 3. The Morgan fingerprint density at radius 3 is 2.71 bits per heavy atom. The van der Waals surface area contributed by atoms with Gasteiger partial charge in [-0.2, -0.15) is 0 Å². The lowest BCUT2D eigenvalue weighted by atomic mass is 10.2. The number of rotatable bonds is 3. The van der Waals surface area contributed by atoms with Crippen LogP contribution in [0.25, 0.3) is 11.4 Å². The highest BCUT2D eigenvalue weighted by Gasteiger charge is 2.16. The summed E-state index contributed by atoms with van der Waals surface area (Å²) in [4.78, 5) is 15.7. The predicted molar refractivity (Wildman–Crippen MR) is 62.4 cm³/mol. The third-order valence-electron chi connectivity index (χ3n) is 2.25. The molecule has 0 fully saturated rings. The van der Waals surface area contributed by atoms with E-state index < -0.39 is 5.97 Å². The standard InChI is InChI=1S/C12H13N3O2/c1-3-17-12(16)10-13-11(15(2)14-10)9-7-5-4-6-8-9/h4-8H,3H2,1-2H3. The van der Waals surface area contributed by atoms with Crippen LogP contribution in [0, 0.1) is 0 Å². The van der Waals surface area contributed by atoms with E-state index >= 15 is 0 Å². The van der Waals surface area contributed by atoms with Crippen LogP contribution in [0.4, 0.5) is 0 Å². The maximum Gasteiger partial charge on any atom is 0.378 e. The first-order valence-corrected chi connectivity index (χ1v) is 5.36. The van der Waals surface area contributed by atoms with Crippen molar-refractivity contribution in [1.82, 2.24) is 14.8 Å². The molecule has 17 heavy (non-hydrogen) atoms. The average molecular weight is 231 g/mol. The van der Waals surface area contributed by atoms with Crippen LogP contribution in [-0.4, -0.2) is 27.3 Å². The number of hydrogen-bond acceptors (Lipinski definition) is 4. The van der Waals surface area contributed by atoms with E-state index in [1.165, 1.54) is 0 Å². The number of hydrogen-bond donors (Lipinski definition) is 0. The van der Waals surface area contributed by atoms with Crippen molar-refractivity contribution in [2.45, 2.75) is 6.92 Å². The molecule has 0 amide bonds. The molecule has 0 aliphatic rings. The van der Waals surface area contributed by atoms with E-state index in [4.69, 9.17) is 4.74 Å². The first kappa shape index (κ1) is 11.3. The highest BCUT2D eigenvalue weighted by Crippen LogP contribution is 2.15. The molecule has 1 heterocycles. The van der Waals surface area contributed by atoms with Crippen molar-refractivity contribution in [2.75, 3.05) is 6.61 Å². The van der Waals surface area contributed by atoms with E-state index in [1.54, 1.807) is 18.7 Å². The molecule has 5 heteroatoms. The van der Waals surface area contributed by atoms with Crippen LogP contribution in [0.1, 0.15) is 17.5 Å². The van der Waals surface area contributed by atoms with E-state index in [-0.39, 0.29) is 5.82 Å². The molecule has 0 unspecified atom stereocenters. The zero-order chi connectivity index (χ0) is 12.3. The molecular weight excluding hydrogens is 218 g/mol. The van der Waals surface area contributed by atoms with Gasteiger partial charge in [0.1, 0.15) is 0 Å². The van der Waals surface area contributed by atoms with Crippen LogP contribution in [0.3, 0.4) is 0 Å². The molecule has 0 spiro atoms. The summed E-state index contributed by atoms with van der Waals surface area (Å²) >= 11 is 0. The average Bonchev–Trinajstić information content (AvgIpc) is 2.73. The first-order valence-electron chi connectivity index (χ1n) is 5.36. The quantitative estimate of drug-likeness (QED) is 0.754. The zero-order valence-electron chi connectivity index (χ0n) is 9.75. The highest BCUT2D eigenvalue weighted by molar-refractivity contribution is 5.85. The van der Waals surface area contributed by atoms with Crippen LogP contribution in [0.2, 0.25) is 0 Å². The monoisotopic (exact) mass is 231 g/mol. The first-order chi connectivity index (χ1) is 8.22. The van der Waals surface area contributed by atoms with Crippen molar-refractivity contribution in [2.24, 2.45) is 7.05 Å². The minimum atomic E-state index is -0.495. The summed E-state index contributed by atoms with van der Waals surface area (Å²) in [6, 6.07) is 9.58. The molecule has 0 saturated heterocycles. The number of esters is 1. The topological polar surface area (TPSA) is 57.0 Å². The van der Waals surface area contributed by atoms with Crippen molar-refractivity contribution >= 4 is 5.97 Å². The number of ether oxygens (including phenoxy) is 1. The summed E-state index contributed by atoms with van der Waals surface area (Å²) in [6.45, 7) is 2.07. The van der Waals surface area contributed by atoms with Gasteiger partial charge in [-0.1, -0.05) is 30.3 Å². The van der Waals surface area contributed by atoms with Gasteiger partial charge in [-0.25, -0.2) is 14.5 Å². The molecule has 88 valence electrons. The molecule has 5 nitrogen and oxygen atoms in total. The largest absolute Gasteiger partial charge is 0.460 e. The SMILES string of the molecule is CCOC(=O)c1nc(-c2ccccc2)n(C)n1. The third-order valence-corrected chi connectivity index (χ3v) is 2.25. The normalized spacial score (nSPS) is 10.2. The second kappa shape index (κ2) is 4.78. The number of benzene rings is 1. The van der Waals surface area contributed by atoms with Gasteiger partial charge < -0.3 is 4.74 Å². The Morgan fingerprint density at radius 2 is 2.06 bits per heavy atom. The van der Waals surface area contributed by atoms with E-state index in [9.17, 15) is 4.79 Å². The molecule has 0 aliphatic carbocycles. The molecule has 0 aliphatic heterocycles. The van der Waals surface area contributed by atoms with Crippen molar-refractivity contribution in [3.05, 3.63) is 36.2 Å². The molecule has 1 aromatic carbocycles. The number of carbonyl (C=O) groups excluding carboxylic acids is 1. The maximum absolute atomic E-state index is 11.5. The van der Waals surface area contributed by atoms with Crippen LogP contribution in [0.5, 0.6) is 0 Å². The Morgan fingerprint density at radius 1 is 1.35 bits per heavy atom. The molecule has 0 bridgehead atoms. The molecule has 0 radical (unpaired) electrons. The molecule has 1 aromatic heterocycles. The van der Waals surface area contributed by atoms with Gasteiger partial charge in [0.25, 0.3) is 5.82 Å². The highest BCUT2D eigenvalue weighted by atomic mass is 16.5. The third kappa shape index (κ3) is 2.33. The summed E-state index contributed by atoms with van der Waals surface area (Å²) in [5, 5.41) is 4.04. The van der Waals surface area contributed by atoms with Gasteiger partial charge in [-0.15, -0.1) is 5.10 Å². The Kier molecular flexibility index (Phi) is 3.18. The second-order valence-electron chi connectivity index (χ2n) is 3.47. The van der Waals surface area contributed by atoms with E-state index in [0.717, 1.165) is 5.56 Å². The Labute approximate surface area is 99.1 Å². The summed E-state index contributed by atoms with van der Waals surface area (Å²) in [5.41, 5.74) is 0.915. The number of aromatic nitrogens is 3. The molecule has 0 N–H and O–H groups in total. The summed E-state index contributed by atoms with van der Waals surface area (Å²) in [5.74, 6) is 0.243. The van der Waals surface area contributed by atoms with Crippen molar-refractivity contribution in [3.63, 3.8) is 0 Å². The number of carbonyl (C=O) groups is 1. The lowest BCUT2D eigenvalue weighted by molar-refractivity contribution is 0.0512. The summed E-state index contributed by atoms with van der Waals surface area (Å²) in [6.07, 6.45) is 0. The fourth-order valence-corrected chi connectivity index (χ4v) is 1.51. The van der Waals surface area contributed by atoms with Gasteiger partial charge in [-0.05, 0) is 6.92 Å². The molecule has 2 aromatic rings. The van der Waals surface area contributed by atoms with Gasteiger partial charge in [0, 0.05) is 12.6 Å². The maximum atomic E-state index is 11.5. The lowest BCUT2D eigenvalue weighted by Crippen LogP contribution is -2.07. The zero-order valence-corrected chi connectivity index (χ0v) is 9.75. The Balaban J connectivity index is 2.35. The van der Waals surface area contributed by atoms with Gasteiger partial charge in [0.05, 0.1) is 6.61 Å². The minimum absolute atomic E-state index is 0.0909. The molecule has 0 saturated carbocycles. The van der Waals surface area contributed by atoms with E-state index in [0.29, 0.717) is 12.4 Å². The summed E-state index contributed by atoms with van der Waals surface area (Å²) < 4.78 is 6.43. The van der Waals surface area contributed by atoms with Gasteiger partial charge in [0.2, 0.25) is 0 Å². The van der Waals surface area contributed by atoms with E-state index in [2.05, 4.69) is 10.1 Å². The van der Waals surface area contributed by atoms with Gasteiger partial charge in [-0.3, -0.25) is 0 Å². The van der Waals surface area contributed by atoms with Crippen molar-refractivity contribution < 1.29 is 9.53 Å². The Bertz CT molecular complexity index is 520. The van der Waals surface area contributed by atoms with Crippen molar-refractivity contribution in [3.8, 4) is 11.4 Å². The molecular formula is C12H13N3O2. The van der Waals surface area contributed by atoms with E-state index in [1.807, 2.05) is 30.3 Å². The van der Waals surface area contributed by atoms with Crippen LogP contribution in [0.15, 0.2) is 30.3 Å². The van der Waals surface area contributed by atoms with Gasteiger partial charge in [0.15, 0.2) is 5.82 Å². The van der Waals surface area contributed by atoms with Crippen LogP contribution >= 0.6 is 0 Å². The van der Waals surface area contributed by atoms with Gasteiger partial charge >= 0.3 is 5.97 Å². The smallest absolute Gasteiger partial charge is 0.378 e. The number of aryl methyl sites for hydroxylation is 1.